The van der Waals surface area contributed by atoms with E-state index in [1.807, 2.05) is 42.5 Å². The van der Waals surface area contributed by atoms with Gasteiger partial charge in [-0.3, -0.25) is 4.90 Å². The summed E-state index contributed by atoms with van der Waals surface area (Å²) in [5.74, 6) is 2.04. The second kappa shape index (κ2) is 9.51. The third kappa shape index (κ3) is 4.61. The van der Waals surface area contributed by atoms with Gasteiger partial charge in [0.2, 0.25) is 0 Å². The monoisotopic (exact) mass is 428 g/mol. The molecule has 3 aromatic rings. The third-order valence-electron chi connectivity index (χ3n) is 5.18. The summed E-state index contributed by atoms with van der Waals surface area (Å²) in [6, 6.07) is 13.4. The number of hydrogen-bond acceptors (Lipinski definition) is 6. The SMILES string of the molecule is COc1cc2nc(-c3ccc(Cl)cc3)cc(OCCN3CCOCC3)c2cc1OC. The Bertz CT molecular complexity index is 1000. The van der Waals surface area contributed by atoms with Crippen LogP contribution in [-0.2, 0) is 4.74 Å². The second-order valence-corrected chi connectivity index (χ2v) is 7.48. The van der Waals surface area contributed by atoms with Gasteiger partial charge in [0.25, 0.3) is 0 Å². The predicted molar refractivity (Wildman–Crippen MR) is 118 cm³/mol. The fraction of sp³-hybridized carbons (Fsp3) is 0.348. The van der Waals surface area contributed by atoms with E-state index in [1.54, 1.807) is 14.2 Å². The van der Waals surface area contributed by atoms with Crippen molar-refractivity contribution < 1.29 is 18.9 Å². The fourth-order valence-corrected chi connectivity index (χ4v) is 3.65. The molecule has 1 aliphatic rings. The number of rotatable bonds is 7. The lowest BCUT2D eigenvalue weighted by molar-refractivity contribution is 0.0323. The van der Waals surface area contributed by atoms with Crippen molar-refractivity contribution in [1.29, 1.82) is 0 Å². The zero-order valence-electron chi connectivity index (χ0n) is 17.2. The molecule has 7 heteroatoms. The summed E-state index contributed by atoms with van der Waals surface area (Å²) in [7, 11) is 3.24. The Morgan fingerprint density at radius 3 is 2.37 bits per heavy atom. The van der Waals surface area contributed by atoms with Crippen molar-refractivity contribution in [3.63, 3.8) is 0 Å². The number of fused-ring (bicyclic) bond motifs is 1. The van der Waals surface area contributed by atoms with Crippen LogP contribution in [-0.4, -0.2) is 63.6 Å². The van der Waals surface area contributed by atoms with Crippen molar-refractivity contribution >= 4 is 22.5 Å². The summed E-state index contributed by atoms with van der Waals surface area (Å²) in [5.41, 5.74) is 2.56. The molecule has 1 aliphatic heterocycles. The molecular formula is C23H25ClN2O4. The van der Waals surface area contributed by atoms with Crippen LogP contribution in [0, 0.1) is 0 Å². The fourth-order valence-electron chi connectivity index (χ4n) is 3.52. The first-order valence-electron chi connectivity index (χ1n) is 9.93. The summed E-state index contributed by atoms with van der Waals surface area (Å²) in [5, 5.41) is 1.57. The number of hydrogen-bond donors (Lipinski definition) is 0. The van der Waals surface area contributed by atoms with Crippen LogP contribution < -0.4 is 14.2 Å². The highest BCUT2D eigenvalue weighted by Gasteiger charge is 2.15. The van der Waals surface area contributed by atoms with E-state index in [4.69, 9.17) is 35.5 Å². The number of nitrogens with zero attached hydrogens (tertiary/aromatic N) is 2. The van der Waals surface area contributed by atoms with Crippen molar-refractivity contribution in [2.24, 2.45) is 0 Å². The number of benzene rings is 2. The zero-order valence-corrected chi connectivity index (χ0v) is 17.9. The molecule has 0 unspecified atom stereocenters. The van der Waals surface area contributed by atoms with Gasteiger partial charge in [-0.2, -0.15) is 0 Å². The number of ether oxygens (including phenoxy) is 4. The van der Waals surface area contributed by atoms with Gasteiger partial charge in [-0.15, -0.1) is 0 Å². The summed E-state index contributed by atoms with van der Waals surface area (Å²) >= 11 is 6.05. The van der Waals surface area contributed by atoms with Gasteiger partial charge in [0.05, 0.1) is 38.6 Å². The molecule has 0 radical (unpaired) electrons. The Labute approximate surface area is 181 Å². The van der Waals surface area contributed by atoms with E-state index in [9.17, 15) is 0 Å². The zero-order chi connectivity index (χ0) is 20.9. The molecule has 0 atom stereocenters. The maximum Gasteiger partial charge on any atom is 0.162 e. The molecular weight excluding hydrogens is 404 g/mol. The first-order valence-corrected chi connectivity index (χ1v) is 10.3. The van der Waals surface area contributed by atoms with Crippen LogP contribution in [0.3, 0.4) is 0 Å². The summed E-state index contributed by atoms with van der Waals surface area (Å²) < 4.78 is 22.6. The van der Waals surface area contributed by atoms with E-state index in [-0.39, 0.29) is 0 Å². The first kappa shape index (κ1) is 20.7. The van der Waals surface area contributed by atoms with Crippen LogP contribution in [0.2, 0.25) is 5.02 Å². The highest BCUT2D eigenvalue weighted by Crippen LogP contribution is 2.37. The lowest BCUT2D eigenvalue weighted by Crippen LogP contribution is -2.38. The van der Waals surface area contributed by atoms with Crippen LogP contribution in [0.1, 0.15) is 0 Å². The predicted octanol–water partition coefficient (Wildman–Crippen LogP) is 4.28. The number of methoxy groups -OCH3 is 2. The molecule has 0 amide bonds. The maximum atomic E-state index is 6.24. The molecule has 0 bridgehead atoms. The highest BCUT2D eigenvalue weighted by atomic mass is 35.5. The van der Waals surface area contributed by atoms with Crippen LogP contribution in [0.15, 0.2) is 42.5 Å². The molecule has 2 heterocycles. The number of pyridine rings is 1. The van der Waals surface area contributed by atoms with E-state index < -0.39 is 0 Å². The second-order valence-electron chi connectivity index (χ2n) is 7.04. The Balaban J connectivity index is 1.69. The summed E-state index contributed by atoms with van der Waals surface area (Å²) in [6.45, 7) is 4.83. The van der Waals surface area contributed by atoms with Gasteiger partial charge >= 0.3 is 0 Å². The number of halogens is 1. The van der Waals surface area contributed by atoms with Crippen molar-refractivity contribution in [2.45, 2.75) is 0 Å². The quantitative estimate of drug-likeness (QED) is 0.559. The van der Waals surface area contributed by atoms with Crippen LogP contribution in [0.4, 0.5) is 0 Å². The van der Waals surface area contributed by atoms with Gasteiger partial charge in [-0.1, -0.05) is 23.7 Å². The third-order valence-corrected chi connectivity index (χ3v) is 5.44. The molecule has 0 aliphatic carbocycles. The minimum absolute atomic E-state index is 0.577. The Hall–Kier alpha value is -2.54. The average Bonchev–Trinajstić information content (AvgIpc) is 2.79. The van der Waals surface area contributed by atoms with Crippen LogP contribution in [0.5, 0.6) is 17.2 Å². The van der Waals surface area contributed by atoms with E-state index >= 15 is 0 Å². The Kier molecular flexibility index (Phi) is 6.57. The molecule has 1 saturated heterocycles. The van der Waals surface area contributed by atoms with Gasteiger partial charge in [-0.25, -0.2) is 4.98 Å². The summed E-state index contributed by atoms with van der Waals surface area (Å²) in [6.07, 6.45) is 0. The standard InChI is InChI=1S/C23H25ClN2O4/c1-27-22-13-18-20(15-23(22)28-2)25-19(16-3-5-17(24)6-4-16)14-21(18)30-12-9-26-7-10-29-11-8-26/h3-6,13-15H,7-12H2,1-2H3. The van der Waals surface area contributed by atoms with Gasteiger partial charge in [-0.05, 0) is 18.2 Å². The van der Waals surface area contributed by atoms with Crippen LogP contribution >= 0.6 is 11.6 Å². The van der Waals surface area contributed by atoms with E-state index in [1.165, 1.54) is 0 Å². The normalized spacial score (nSPS) is 14.6. The van der Waals surface area contributed by atoms with E-state index in [2.05, 4.69) is 4.90 Å². The molecule has 30 heavy (non-hydrogen) atoms. The molecule has 0 N–H and O–H groups in total. The highest BCUT2D eigenvalue weighted by molar-refractivity contribution is 6.30. The Morgan fingerprint density at radius 1 is 0.967 bits per heavy atom. The summed E-state index contributed by atoms with van der Waals surface area (Å²) in [4.78, 5) is 7.18. The van der Waals surface area contributed by atoms with Gasteiger partial charge in [0, 0.05) is 47.7 Å². The largest absolute Gasteiger partial charge is 0.493 e. The van der Waals surface area contributed by atoms with Gasteiger partial charge in [0.15, 0.2) is 11.5 Å². The maximum absolute atomic E-state index is 6.24. The molecule has 4 rings (SSSR count). The Morgan fingerprint density at radius 2 is 1.67 bits per heavy atom. The lowest BCUT2D eigenvalue weighted by atomic mass is 10.1. The molecule has 158 valence electrons. The number of aromatic nitrogens is 1. The smallest absolute Gasteiger partial charge is 0.162 e. The van der Waals surface area contributed by atoms with E-state index in [0.717, 1.165) is 60.8 Å². The lowest BCUT2D eigenvalue weighted by Gasteiger charge is -2.26. The topological polar surface area (TPSA) is 53.1 Å². The van der Waals surface area contributed by atoms with Gasteiger partial charge in [0.1, 0.15) is 12.4 Å². The molecule has 2 aromatic carbocycles. The minimum Gasteiger partial charge on any atom is -0.493 e. The molecule has 1 fully saturated rings. The molecule has 6 nitrogen and oxygen atoms in total. The first-order chi connectivity index (χ1) is 14.7. The van der Waals surface area contributed by atoms with E-state index in [0.29, 0.717) is 23.1 Å². The van der Waals surface area contributed by atoms with Crippen molar-refractivity contribution in [3.05, 3.63) is 47.5 Å². The van der Waals surface area contributed by atoms with Crippen molar-refractivity contribution in [1.82, 2.24) is 9.88 Å². The minimum atomic E-state index is 0.577. The van der Waals surface area contributed by atoms with Crippen molar-refractivity contribution in [3.8, 4) is 28.5 Å². The molecule has 0 spiro atoms. The average molecular weight is 429 g/mol. The molecule has 0 saturated carbocycles. The van der Waals surface area contributed by atoms with Gasteiger partial charge < -0.3 is 18.9 Å². The van der Waals surface area contributed by atoms with Crippen LogP contribution in [0.25, 0.3) is 22.2 Å². The number of morpholine rings is 1. The molecule has 1 aromatic heterocycles. The van der Waals surface area contributed by atoms with Crippen molar-refractivity contribution in [2.75, 3.05) is 53.7 Å².